The zero-order valence-corrected chi connectivity index (χ0v) is 16.4. The van der Waals surface area contributed by atoms with Crippen molar-refractivity contribution in [2.75, 3.05) is 5.32 Å². The first kappa shape index (κ1) is 18.8. The summed E-state index contributed by atoms with van der Waals surface area (Å²) in [4.78, 5) is 17.5. The average molecular weight is 401 g/mol. The number of hydrogen-bond acceptors (Lipinski definition) is 4. The van der Waals surface area contributed by atoms with Gasteiger partial charge in [-0.25, -0.2) is 4.79 Å². The molecule has 0 radical (unpaired) electrons. The lowest BCUT2D eigenvalue weighted by molar-refractivity contribution is 0.138. The SMILES string of the molecule is O=C(N[C@H]1N=C(c2ccccc2)c2ccccc2NC1=S)OCc1ccccc1. The van der Waals surface area contributed by atoms with Gasteiger partial charge >= 0.3 is 6.09 Å². The maximum Gasteiger partial charge on any atom is 0.409 e. The Morgan fingerprint density at radius 1 is 0.966 bits per heavy atom. The lowest BCUT2D eigenvalue weighted by atomic mass is 10.0. The van der Waals surface area contributed by atoms with Crippen molar-refractivity contribution < 1.29 is 9.53 Å². The van der Waals surface area contributed by atoms with E-state index in [0.717, 1.165) is 28.1 Å². The standard InChI is InChI=1S/C23H19N3O2S/c27-23(28-15-16-9-3-1-4-10-16)26-21-22(29)24-19-14-8-7-13-18(19)20(25-21)17-11-5-2-6-12-17/h1-14,21H,15H2,(H,24,29)(H,26,27)/t21-/m1/s1. The van der Waals surface area contributed by atoms with Crippen LogP contribution in [0.3, 0.4) is 0 Å². The van der Waals surface area contributed by atoms with Crippen LogP contribution in [0.25, 0.3) is 0 Å². The number of nitrogens with zero attached hydrogens (tertiary/aromatic N) is 1. The number of amides is 1. The third kappa shape index (κ3) is 4.50. The van der Waals surface area contributed by atoms with Gasteiger partial charge in [0.15, 0.2) is 6.17 Å². The van der Waals surface area contributed by atoms with Crippen LogP contribution >= 0.6 is 12.2 Å². The number of thiocarbonyl (C=S) groups is 1. The number of aliphatic imine (C=N–C) groups is 1. The van der Waals surface area contributed by atoms with Crippen LogP contribution < -0.4 is 10.6 Å². The second-order valence-electron chi connectivity index (χ2n) is 6.49. The molecule has 0 aromatic heterocycles. The van der Waals surface area contributed by atoms with Gasteiger partial charge in [-0.2, -0.15) is 0 Å². The van der Waals surface area contributed by atoms with E-state index in [-0.39, 0.29) is 6.61 Å². The molecule has 1 atom stereocenters. The second-order valence-corrected chi connectivity index (χ2v) is 6.93. The van der Waals surface area contributed by atoms with Gasteiger partial charge < -0.3 is 10.1 Å². The van der Waals surface area contributed by atoms with E-state index in [1.54, 1.807) is 0 Å². The number of alkyl carbamates (subject to hydrolysis) is 1. The van der Waals surface area contributed by atoms with Crippen LogP contribution in [0.2, 0.25) is 0 Å². The summed E-state index contributed by atoms with van der Waals surface area (Å²) in [6, 6.07) is 27.1. The smallest absolute Gasteiger partial charge is 0.409 e. The highest BCUT2D eigenvalue weighted by molar-refractivity contribution is 7.80. The van der Waals surface area contributed by atoms with Crippen LogP contribution in [0.5, 0.6) is 0 Å². The minimum absolute atomic E-state index is 0.176. The van der Waals surface area contributed by atoms with Gasteiger partial charge in [0.1, 0.15) is 11.6 Å². The number of carbonyl (C=O) groups excluding carboxylic acids is 1. The van der Waals surface area contributed by atoms with E-state index in [2.05, 4.69) is 10.6 Å². The van der Waals surface area contributed by atoms with Gasteiger partial charge in [-0.05, 0) is 11.6 Å². The molecule has 144 valence electrons. The number of carbonyl (C=O) groups is 1. The highest BCUT2D eigenvalue weighted by Crippen LogP contribution is 2.24. The fourth-order valence-electron chi connectivity index (χ4n) is 3.06. The normalized spacial score (nSPS) is 15.4. The summed E-state index contributed by atoms with van der Waals surface area (Å²) in [5, 5.41) is 5.96. The predicted molar refractivity (Wildman–Crippen MR) is 118 cm³/mol. The molecule has 3 aromatic carbocycles. The first-order valence-electron chi connectivity index (χ1n) is 9.21. The van der Waals surface area contributed by atoms with E-state index in [9.17, 15) is 4.79 Å². The van der Waals surface area contributed by atoms with Gasteiger partial charge in [-0.3, -0.25) is 10.3 Å². The van der Waals surface area contributed by atoms with Crippen molar-refractivity contribution in [1.82, 2.24) is 5.32 Å². The zero-order valence-electron chi connectivity index (χ0n) is 15.5. The Hall–Kier alpha value is -3.51. The largest absolute Gasteiger partial charge is 0.445 e. The molecule has 1 heterocycles. The topological polar surface area (TPSA) is 62.7 Å². The molecule has 0 spiro atoms. The minimum Gasteiger partial charge on any atom is -0.445 e. The van der Waals surface area contributed by atoms with Gasteiger partial charge in [0.05, 0.1) is 5.71 Å². The van der Waals surface area contributed by atoms with E-state index in [0.29, 0.717) is 4.99 Å². The number of ether oxygens (including phenoxy) is 1. The average Bonchev–Trinajstić information content (AvgIpc) is 2.90. The molecule has 0 saturated carbocycles. The summed E-state index contributed by atoms with van der Waals surface area (Å²) in [6.45, 7) is 0.176. The number of hydrogen-bond donors (Lipinski definition) is 2. The minimum atomic E-state index is -0.740. The van der Waals surface area contributed by atoms with E-state index in [1.165, 1.54) is 0 Å². The van der Waals surface area contributed by atoms with Crippen molar-refractivity contribution in [2.45, 2.75) is 12.8 Å². The molecule has 0 bridgehead atoms. The second kappa shape index (κ2) is 8.67. The predicted octanol–water partition coefficient (Wildman–Crippen LogP) is 4.53. The lowest BCUT2D eigenvalue weighted by Gasteiger charge is -2.15. The Bertz CT molecular complexity index is 1050. The maximum absolute atomic E-state index is 12.4. The summed E-state index contributed by atoms with van der Waals surface area (Å²) in [7, 11) is 0. The van der Waals surface area contributed by atoms with Crippen LogP contribution in [0.4, 0.5) is 10.5 Å². The third-order valence-electron chi connectivity index (χ3n) is 4.46. The fourth-order valence-corrected chi connectivity index (χ4v) is 3.28. The summed E-state index contributed by atoms with van der Waals surface area (Å²) < 4.78 is 5.33. The number of para-hydroxylation sites is 1. The fraction of sp³-hybridized carbons (Fsp3) is 0.0870. The molecule has 1 aliphatic heterocycles. The van der Waals surface area contributed by atoms with Crippen molar-refractivity contribution in [2.24, 2.45) is 4.99 Å². The molecule has 6 heteroatoms. The molecule has 0 aliphatic carbocycles. The quantitative estimate of drug-likeness (QED) is 0.631. The van der Waals surface area contributed by atoms with Gasteiger partial charge in [0.2, 0.25) is 0 Å². The van der Waals surface area contributed by atoms with Crippen LogP contribution in [-0.2, 0) is 11.3 Å². The summed E-state index contributed by atoms with van der Waals surface area (Å²) in [5.41, 5.74) is 4.37. The third-order valence-corrected chi connectivity index (χ3v) is 4.79. The van der Waals surface area contributed by atoms with Crippen LogP contribution in [0, 0.1) is 0 Å². The Kier molecular flexibility index (Phi) is 5.63. The van der Waals surface area contributed by atoms with Crippen LogP contribution in [0.15, 0.2) is 89.9 Å². The monoisotopic (exact) mass is 401 g/mol. The van der Waals surface area contributed by atoms with E-state index in [1.807, 2.05) is 84.9 Å². The molecule has 3 aromatic rings. The van der Waals surface area contributed by atoms with E-state index < -0.39 is 12.3 Å². The van der Waals surface area contributed by atoms with E-state index in [4.69, 9.17) is 21.9 Å². The first-order valence-corrected chi connectivity index (χ1v) is 9.62. The number of benzodiazepines with no additional fused rings is 1. The van der Waals surface area contributed by atoms with Gasteiger partial charge in [0, 0.05) is 16.8 Å². The van der Waals surface area contributed by atoms with Gasteiger partial charge in [-0.1, -0.05) is 91.1 Å². The Labute approximate surface area is 174 Å². The molecular weight excluding hydrogens is 382 g/mol. The molecule has 4 rings (SSSR count). The van der Waals surface area contributed by atoms with Crippen molar-refractivity contribution in [1.29, 1.82) is 0 Å². The molecule has 2 N–H and O–H groups in total. The first-order chi connectivity index (χ1) is 14.2. The summed E-state index contributed by atoms with van der Waals surface area (Å²) in [5.74, 6) is 0. The number of anilines is 1. The maximum atomic E-state index is 12.4. The molecule has 1 aliphatic rings. The molecule has 5 nitrogen and oxygen atoms in total. The number of nitrogens with one attached hydrogen (secondary N) is 2. The number of fused-ring (bicyclic) bond motifs is 1. The lowest BCUT2D eigenvalue weighted by Crippen LogP contribution is -2.41. The molecule has 1 amide bonds. The Balaban J connectivity index is 1.58. The van der Waals surface area contributed by atoms with Gasteiger partial charge in [0.25, 0.3) is 0 Å². The van der Waals surface area contributed by atoms with Crippen molar-refractivity contribution in [3.05, 3.63) is 102 Å². The summed E-state index contributed by atoms with van der Waals surface area (Å²) >= 11 is 5.50. The van der Waals surface area contributed by atoms with Crippen LogP contribution in [0.1, 0.15) is 16.7 Å². The number of benzene rings is 3. The van der Waals surface area contributed by atoms with E-state index >= 15 is 0 Å². The Morgan fingerprint density at radius 3 is 2.38 bits per heavy atom. The van der Waals surface area contributed by atoms with Crippen molar-refractivity contribution >= 4 is 34.7 Å². The Morgan fingerprint density at radius 2 is 1.62 bits per heavy atom. The molecular formula is C23H19N3O2S. The highest BCUT2D eigenvalue weighted by Gasteiger charge is 2.24. The highest BCUT2D eigenvalue weighted by atomic mass is 32.1. The number of rotatable bonds is 4. The van der Waals surface area contributed by atoms with Crippen molar-refractivity contribution in [3.8, 4) is 0 Å². The molecule has 29 heavy (non-hydrogen) atoms. The molecule has 0 saturated heterocycles. The molecule has 0 unspecified atom stereocenters. The zero-order chi connectivity index (χ0) is 20.1. The van der Waals surface area contributed by atoms with Crippen LogP contribution in [-0.4, -0.2) is 23.0 Å². The summed E-state index contributed by atoms with van der Waals surface area (Å²) in [6.07, 6.45) is -1.32. The molecule has 0 fully saturated rings. The van der Waals surface area contributed by atoms with Gasteiger partial charge in [-0.15, -0.1) is 0 Å². The van der Waals surface area contributed by atoms with Crippen molar-refractivity contribution in [3.63, 3.8) is 0 Å².